The molecule has 2 aromatic heterocycles. The molecule has 3 aromatic rings. The van der Waals surface area contributed by atoms with E-state index in [0.29, 0.717) is 23.1 Å². The summed E-state index contributed by atoms with van der Waals surface area (Å²) in [6, 6.07) is 6.83. The van der Waals surface area contributed by atoms with Gasteiger partial charge in [-0.3, -0.25) is 9.52 Å². The van der Waals surface area contributed by atoms with Gasteiger partial charge in [0.1, 0.15) is 5.82 Å². The molecule has 6 nitrogen and oxygen atoms in total. The van der Waals surface area contributed by atoms with Crippen molar-refractivity contribution in [2.75, 3.05) is 4.72 Å². The standard InChI is InChI=1S/C21H23N3O3S/c1-12-5-6-19(22-11-12)24-28(26,27)18-8-15-14(7-13(18)2)20-16(23-15)9-21(3,4)10-17(20)25/h5-8,11,23H,9-10H2,1-4H3,(H,22,24). The molecule has 0 saturated carbocycles. The van der Waals surface area contributed by atoms with Crippen molar-refractivity contribution < 1.29 is 13.2 Å². The lowest BCUT2D eigenvalue weighted by atomic mass is 9.76. The molecule has 7 heteroatoms. The Kier molecular flexibility index (Phi) is 4.12. The van der Waals surface area contributed by atoms with Gasteiger partial charge in [0.2, 0.25) is 0 Å². The van der Waals surface area contributed by atoms with Gasteiger partial charge in [0.05, 0.1) is 4.90 Å². The van der Waals surface area contributed by atoms with Crippen LogP contribution in [0.1, 0.15) is 47.4 Å². The van der Waals surface area contributed by atoms with Crippen LogP contribution in [0.4, 0.5) is 5.82 Å². The topological polar surface area (TPSA) is 91.9 Å². The van der Waals surface area contributed by atoms with Gasteiger partial charge in [-0.2, -0.15) is 0 Å². The largest absolute Gasteiger partial charge is 0.358 e. The number of carbonyl (C=O) groups excluding carboxylic acids is 1. The number of anilines is 1. The first kappa shape index (κ1) is 18.7. The number of pyridine rings is 1. The second-order valence-electron chi connectivity index (χ2n) is 8.41. The Hall–Kier alpha value is -2.67. The third-order valence-corrected chi connectivity index (χ3v) is 6.68. The molecular weight excluding hydrogens is 374 g/mol. The maximum absolute atomic E-state index is 12.9. The fourth-order valence-corrected chi connectivity index (χ4v) is 5.17. The summed E-state index contributed by atoms with van der Waals surface area (Å²) in [6.07, 6.45) is 2.86. The molecule has 146 valence electrons. The molecule has 0 saturated heterocycles. The number of hydrogen-bond donors (Lipinski definition) is 2. The molecule has 0 aliphatic heterocycles. The second-order valence-corrected chi connectivity index (χ2v) is 10.1. The summed E-state index contributed by atoms with van der Waals surface area (Å²) >= 11 is 0. The van der Waals surface area contributed by atoms with E-state index in [1.165, 1.54) is 0 Å². The number of nitrogens with one attached hydrogen (secondary N) is 2. The molecule has 0 radical (unpaired) electrons. The van der Waals surface area contributed by atoms with Crippen LogP contribution in [0.25, 0.3) is 10.9 Å². The zero-order valence-corrected chi connectivity index (χ0v) is 17.2. The molecule has 2 heterocycles. The lowest BCUT2D eigenvalue weighted by Crippen LogP contribution is -2.26. The van der Waals surface area contributed by atoms with E-state index in [-0.39, 0.29) is 21.9 Å². The van der Waals surface area contributed by atoms with Crippen LogP contribution in [0.3, 0.4) is 0 Å². The Labute approximate surface area is 164 Å². The van der Waals surface area contributed by atoms with Crippen LogP contribution >= 0.6 is 0 Å². The number of hydrogen-bond acceptors (Lipinski definition) is 4. The van der Waals surface area contributed by atoms with Crippen molar-refractivity contribution in [2.45, 2.75) is 45.4 Å². The van der Waals surface area contributed by atoms with Crippen LogP contribution in [0.2, 0.25) is 0 Å². The van der Waals surface area contributed by atoms with Gasteiger partial charge >= 0.3 is 0 Å². The van der Waals surface area contributed by atoms with E-state index in [9.17, 15) is 13.2 Å². The van der Waals surface area contributed by atoms with Crippen LogP contribution < -0.4 is 4.72 Å². The Balaban J connectivity index is 1.80. The number of aromatic nitrogens is 2. The van der Waals surface area contributed by atoms with Crippen molar-refractivity contribution in [2.24, 2.45) is 5.41 Å². The SMILES string of the molecule is Cc1ccc(NS(=O)(=O)c2cc3[nH]c4c(c3cc2C)C(=O)CC(C)(C)C4)nc1. The number of aromatic amines is 1. The monoisotopic (exact) mass is 397 g/mol. The zero-order valence-electron chi connectivity index (χ0n) is 16.4. The number of Topliss-reactive ketones (excluding diaryl/α,β-unsaturated/α-hetero) is 1. The summed E-state index contributed by atoms with van der Waals surface area (Å²) in [4.78, 5) is 20.3. The van der Waals surface area contributed by atoms with Crippen LogP contribution in [-0.4, -0.2) is 24.2 Å². The number of H-pyrrole nitrogens is 1. The second kappa shape index (κ2) is 6.17. The Morgan fingerprint density at radius 3 is 2.57 bits per heavy atom. The van der Waals surface area contributed by atoms with Gasteiger partial charge in [-0.05, 0) is 55.0 Å². The molecule has 4 rings (SSSR count). The Morgan fingerprint density at radius 1 is 1.14 bits per heavy atom. The number of sulfonamides is 1. The fourth-order valence-electron chi connectivity index (χ4n) is 3.91. The number of rotatable bonds is 3. The summed E-state index contributed by atoms with van der Waals surface area (Å²) in [5.41, 5.74) is 3.69. The van der Waals surface area contributed by atoms with Gasteiger partial charge in [-0.15, -0.1) is 0 Å². The zero-order chi connectivity index (χ0) is 20.3. The smallest absolute Gasteiger partial charge is 0.263 e. The van der Waals surface area contributed by atoms with Crippen LogP contribution in [0.5, 0.6) is 0 Å². The first-order chi connectivity index (χ1) is 13.1. The van der Waals surface area contributed by atoms with Crippen molar-refractivity contribution in [3.8, 4) is 0 Å². The van der Waals surface area contributed by atoms with Crippen LogP contribution in [0, 0.1) is 19.3 Å². The molecule has 28 heavy (non-hydrogen) atoms. The molecular formula is C21H23N3O3S. The van der Waals surface area contributed by atoms with E-state index in [1.807, 2.05) is 6.92 Å². The van der Waals surface area contributed by atoms with Crippen molar-refractivity contribution in [1.29, 1.82) is 0 Å². The van der Waals surface area contributed by atoms with Gasteiger partial charge in [-0.25, -0.2) is 13.4 Å². The van der Waals surface area contributed by atoms with Crippen molar-refractivity contribution in [3.63, 3.8) is 0 Å². The minimum absolute atomic E-state index is 0.104. The van der Waals surface area contributed by atoms with Gasteiger partial charge in [0.15, 0.2) is 5.78 Å². The number of ketones is 1. The van der Waals surface area contributed by atoms with E-state index in [0.717, 1.165) is 23.1 Å². The highest BCUT2D eigenvalue weighted by Gasteiger charge is 2.34. The first-order valence-electron chi connectivity index (χ1n) is 9.20. The highest BCUT2D eigenvalue weighted by atomic mass is 32.2. The molecule has 0 bridgehead atoms. The van der Waals surface area contributed by atoms with E-state index in [4.69, 9.17) is 0 Å². The maximum Gasteiger partial charge on any atom is 0.263 e. The average molecular weight is 398 g/mol. The van der Waals surface area contributed by atoms with E-state index in [2.05, 4.69) is 28.5 Å². The third kappa shape index (κ3) is 3.20. The van der Waals surface area contributed by atoms with Crippen LogP contribution in [-0.2, 0) is 16.4 Å². The van der Waals surface area contributed by atoms with Gasteiger partial charge in [0, 0.05) is 34.8 Å². The molecule has 0 amide bonds. The quantitative estimate of drug-likeness (QED) is 0.695. The minimum Gasteiger partial charge on any atom is -0.358 e. The number of benzene rings is 1. The highest BCUT2D eigenvalue weighted by Crippen LogP contribution is 2.39. The molecule has 0 unspecified atom stereocenters. The predicted molar refractivity (Wildman–Crippen MR) is 109 cm³/mol. The molecule has 2 N–H and O–H groups in total. The maximum atomic E-state index is 12.9. The lowest BCUT2D eigenvalue weighted by Gasteiger charge is -2.28. The summed E-state index contributed by atoms with van der Waals surface area (Å²) < 4.78 is 28.4. The van der Waals surface area contributed by atoms with Crippen molar-refractivity contribution in [1.82, 2.24) is 9.97 Å². The number of nitrogens with zero attached hydrogens (tertiary/aromatic N) is 1. The van der Waals surface area contributed by atoms with Gasteiger partial charge in [0.25, 0.3) is 10.0 Å². The molecule has 1 aromatic carbocycles. The van der Waals surface area contributed by atoms with E-state index in [1.54, 1.807) is 37.4 Å². The van der Waals surface area contributed by atoms with Crippen LogP contribution in [0.15, 0.2) is 35.4 Å². The predicted octanol–water partition coefficient (Wildman–Crippen LogP) is 4.14. The minimum atomic E-state index is -3.80. The fraction of sp³-hybridized carbons (Fsp3) is 0.333. The number of carbonyl (C=O) groups is 1. The number of fused-ring (bicyclic) bond motifs is 3. The average Bonchev–Trinajstić information content (AvgIpc) is 2.91. The Bertz CT molecular complexity index is 1210. The van der Waals surface area contributed by atoms with E-state index < -0.39 is 10.0 Å². The third-order valence-electron chi connectivity index (χ3n) is 5.18. The van der Waals surface area contributed by atoms with E-state index >= 15 is 0 Å². The summed E-state index contributed by atoms with van der Waals surface area (Å²) in [5.74, 6) is 0.377. The Morgan fingerprint density at radius 2 is 1.89 bits per heavy atom. The summed E-state index contributed by atoms with van der Waals surface area (Å²) in [6.45, 7) is 7.77. The molecule has 1 aliphatic carbocycles. The number of aryl methyl sites for hydroxylation is 2. The van der Waals surface area contributed by atoms with Crippen molar-refractivity contribution >= 4 is 32.5 Å². The molecule has 0 spiro atoms. The van der Waals surface area contributed by atoms with Gasteiger partial charge in [-0.1, -0.05) is 19.9 Å². The summed E-state index contributed by atoms with van der Waals surface area (Å²) in [5, 5.41) is 0.792. The lowest BCUT2D eigenvalue weighted by molar-refractivity contribution is 0.0913. The highest BCUT2D eigenvalue weighted by molar-refractivity contribution is 7.92. The normalized spacial score (nSPS) is 16.2. The molecule has 0 fully saturated rings. The van der Waals surface area contributed by atoms with Crippen molar-refractivity contribution in [3.05, 3.63) is 52.8 Å². The molecule has 0 atom stereocenters. The summed E-state index contributed by atoms with van der Waals surface area (Å²) in [7, 11) is -3.80. The van der Waals surface area contributed by atoms with Gasteiger partial charge < -0.3 is 4.98 Å². The first-order valence-corrected chi connectivity index (χ1v) is 10.7. The molecule has 1 aliphatic rings.